The Bertz CT molecular complexity index is 747. The number of rotatable bonds is 9. The maximum atomic E-state index is 6.21. The Kier molecular flexibility index (Phi) is 11.4. The molecule has 2 N–H and O–H groups in total. The fourth-order valence-electron chi connectivity index (χ4n) is 2.39. The summed E-state index contributed by atoms with van der Waals surface area (Å²) in [7, 11) is 0. The molecule has 0 aliphatic carbocycles. The van der Waals surface area contributed by atoms with Gasteiger partial charge >= 0.3 is 0 Å². The molecule has 0 fully saturated rings. The number of benzene rings is 1. The summed E-state index contributed by atoms with van der Waals surface area (Å²) in [5.41, 5.74) is 1.03. The van der Waals surface area contributed by atoms with Crippen LogP contribution < -0.4 is 10.6 Å². The van der Waals surface area contributed by atoms with Gasteiger partial charge in [0.1, 0.15) is 12.2 Å². The molecule has 1 aromatic carbocycles. The SMILES string of the molecule is C=CCNC(=NCCc1ccc(Cl)cc1Cl)NCCn1cnnc1CC.I. The molecule has 1 aromatic heterocycles. The van der Waals surface area contributed by atoms with Gasteiger partial charge in [-0.15, -0.1) is 40.8 Å². The molecule has 0 aliphatic heterocycles. The summed E-state index contributed by atoms with van der Waals surface area (Å²) in [6.45, 7) is 8.53. The fourth-order valence-corrected chi connectivity index (χ4v) is 2.89. The van der Waals surface area contributed by atoms with Crippen LogP contribution in [0, 0.1) is 0 Å². The second-order valence-corrected chi connectivity index (χ2v) is 6.45. The van der Waals surface area contributed by atoms with Crippen molar-refractivity contribution >= 4 is 53.1 Å². The molecule has 2 aromatic rings. The number of nitrogens with one attached hydrogen (secondary N) is 2. The summed E-state index contributed by atoms with van der Waals surface area (Å²) in [4.78, 5) is 4.60. The van der Waals surface area contributed by atoms with Gasteiger partial charge in [-0.3, -0.25) is 4.99 Å². The highest BCUT2D eigenvalue weighted by Crippen LogP contribution is 2.21. The molecular formula is C18H25Cl2IN6. The molecule has 27 heavy (non-hydrogen) atoms. The maximum Gasteiger partial charge on any atom is 0.191 e. The van der Waals surface area contributed by atoms with Gasteiger partial charge in [0.2, 0.25) is 0 Å². The number of hydrogen-bond acceptors (Lipinski definition) is 3. The lowest BCUT2D eigenvalue weighted by Gasteiger charge is -2.12. The van der Waals surface area contributed by atoms with Crippen LogP contribution in [0.5, 0.6) is 0 Å². The predicted octanol–water partition coefficient (Wildman–Crippen LogP) is 3.73. The maximum absolute atomic E-state index is 6.21. The van der Waals surface area contributed by atoms with E-state index in [1.807, 2.05) is 16.7 Å². The van der Waals surface area contributed by atoms with Crippen LogP contribution in [0.4, 0.5) is 0 Å². The first-order valence-electron chi connectivity index (χ1n) is 8.57. The number of halogens is 3. The number of aliphatic imine (C=N–C) groups is 1. The standard InChI is InChI=1S/C18H24Cl2N6.HI/c1-3-8-21-18(23-10-11-26-13-24-25-17(26)4-2)22-9-7-14-5-6-15(19)12-16(14)20;/h3,5-6,12-13H,1,4,7-11H2,2H3,(H2,21,22,23);1H. The van der Waals surface area contributed by atoms with E-state index in [9.17, 15) is 0 Å². The van der Waals surface area contributed by atoms with Crippen molar-refractivity contribution < 1.29 is 0 Å². The number of hydrogen-bond donors (Lipinski definition) is 2. The van der Waals surface area contributed by atoms with Crippen molar-refractivity contribution in [3.63, 3.8) is 0 Å². The van der Waals surface area contributed by atoms with Crippen molar-refractivity contribution in [1.29, 1.82) is 0 Å². The fraction of sp³-hybridized carbons (Fsp3) is 0.389. The van der Waals surface area contributed by atoms with Crippen LogP contribution >= 0.6 is 47.2 Å². The first-order chi connectivity index (χ1) is 12.6. The third-order valence-electron chi connectivity index (χ3n) is 3.74. The van der Waals surface area contributed by atoms with Gasteiger partial charge in [-0.05, 0) is 24.1 Å². The highest BCUT2D eigenvalue weighted by molar-refractivity contribution is 14.0. The summed E-state index contributed by atoms with van der Waals surface area (Å²) >= 11 is 12.1. The molecule has 0 saturated carbocycles. The topological polar surface area (TPSA) is 67.1 Å². The molecule has 2 rings (SSSR count). The molecule has 1 heterocycles. The molecule has 0 saturated heterocycles. The normalized spacial score (nSPS) is 11.0. The number of aromatic nitrogens is 3. The molecule has 0 bridgehead atoms. The average molecular weight is 523 g/mol. The summed E-state index contributed by atoms with van der Waals surface area (Å²) in [5, 5.41) is 15.9. The summed E-state index contributed by atoms with van der Waals surface area (Å²) in [6.07, 6.45) is 5.14. The molecular weight excluding hydrogens is 498 g/mol. The third-order valence-corrected chi connectivity index (χ3v) is 4.32. The van der Waals surface area contributed by atoms with E-state index in [1.54, 1.807) is 18.5 Å². The van der Waals surface area contributed by atoms with Crippen molar-refractivity contribution in [2.45, 2.75) is 26.3 Å². The van der Waals surface area contributed by atoms with E-state index in [-0.39, 0.29) is 24.0 Å². The highest BCUT2D eigenvalue weighted by Gasteiger charge is 2.04. The molecule has 0 aliphatic rings. The summed E-state index contributed by atoms with van der Waals surface area (Å²) in [5.74, 6) is 1.71. The number of guanidine groups is 1. The first kappa shape index (κ1) is 23.7. The van der Waals surface area contributed by atoms with Gasteiger partial charge in [0.15, 0.2) is 5.96 Å². The summed E-state index contributed by atoms with van der Waals surface area (Å²) in [6, 6.07) is 5.52. The Labute approximate surface area is 187 Å². The van der Waals surface area contributed by atoms with Gasteiger partial charge in [0.05, 0.1) is 0 Å². The van der Waals surface area contributed by atoms with E-state index in [0.29, 0.717) is 23.1 Å². The van der Waals surface area contributed by atoms with Crippen LogP contribution in [-0.2, 0) is 19.4 Å². The van der Waals surface area contributed by atoms with Gasteiger partial charge in [0.25, 0.3) is 0 Å². The van der Waals surface area contributed by atoms with Gasteiger partial charge in [-0.2, -0.15) is 0 Å². The van der Waals surface area contributed by atoms with Crippen molar-refractivity contribution in [3.8, 4) is 0 Å². The molecule has 0 atom stereocenters. The number of aryl methyl sites for hydroxylation is 1. The molecule has 148 valence electrons. The second-order valence-electron chi connectivity index (χ2n) is 5.61. The lowest BCUT2D eigenvalue weighted by atomic mass is 10.1. The van der Waals surface area contributed by atoms with E-state index < -0.39 is 0 Å². The van der Waals surface area contributed by atoms with Crippen LogP contribution in [-0.4, -0.2) is 40.4 Å². The first-order valence-corrected chi connectivity index (χ1v) is 9.33. The Balaban J connectivity index is 0.00000364. The third kappa shape index (κ3) is 8.06. The highest BCUT2D eigenvalue weighted by atomic mass is 127. The zero-order valence-electron chi connectivity index (χ0n) is 15.3. The van der Waals surface area contributed by atoms with Crippen molar-refractivity contribution in [3.05, 3.63) is 58.6 Å². The zero-order chi connectivity index (χ0) is 18.8. The van der Waals surface area contributed by atoms with Gasteiger partial charge < -0.3 is 15.2 Å². The molecule has 0 amide bonds. The predicted molar refractivity (Wildman–Crippen MR) is 123 cm³/mol. The van der Waals surface area contributed by atoms with Crippen molar-refractivity contribution in [2.75, 3.05) is 19.6 Å². The van der Waals surface area contributed by atoms with Crippen LogP contribution in [0.2, 0.25) is 10.0 Å². The van der Waals surface area contributed by atoms with Gasteiger partial charge in [-0.1, -0.05) is 42.3 Å². The quantitative estimate of drug-likeness (QED) is 0.228. The minimum atomic E-state index is 0. The van der Waals surface area contributed by atoms with Crippen LogP contribution in [0.1, 0.15) is 18.3 Å². The Morgan fingerprint density at radius 1 is 1.33 bits per heavy atom. The minimum Gasteiger partial charge on any atom is -0.355 e. The Hall–Kier alpha value is -1.32. The van der Waals surface area contributed by atoms with Gasteiger partial charge in [-0.25, -0.2) is 0 Å². The van der Waals surface area contributed by atoms with Crippen LogP contribution in [0.25, 0.3) is 0 Å². The minimum absolute atomic E-state index is 0. The van der Waals surface area contributed by atoms with Gasteiger partial charge in [0, 0.05) is 42.6 Å². The number of nitrogens with zero attached hydrogens (tertiary/aromatic N) is 4. The lowest BCUT2D eigenvalue weighted by Crippen LogP contribution is -2.39. The van der Waals surface area contributed by atoms with Crippen LogP contribution in [0.15, 0.2) is 42.2 Å². The van der Waals surface area contributed by atoms with E-state index in [0.717, 1.165) is 43.3 Å². The molecule has 6 nitrogen and oxygen atoms in total. The molecule has 9 heteroatoms. The Morgan fingerprint density at radius 3 is 2.85 bits per heavy atom. The lowest BCUT2D eigenvalue weighted by molar-refractivity contribution is 0.633. The van der Waals surface area contributed by atoms with Crippen molar-refractivity contribution in [1.82, 2.24) is 25.4 Å². The van der Waals surface area contributed by atoms with Crippen molar-refractivity contribution in [2.24, 2.45) is 4.99 Å². The van der Waals surface area contributed by atoms with E-state index in [2.05, 4.69) is 39.3 Å². The monoisotopic (exact) mass is 522 g/mol. The average Bonchev–Trinajstić information content (AvgIpc) is 3.08. The van der Waals surface area contributed by atoms with E-state index in [4.69, 9.17) is 23.2 Å². The Morgan fingerprint density at radius 2 is 2.15 bits per heavy atom. The largest absolute Gasteiger partial charge is 0.355 e. The van der Waals surface area contributed by atoms with E-state index >= 15 is 0 Å². The summed E-state index contributed by atoms with van der Waals surface area (Å²) < 4.78 is 2.03. The molecule has 0 unspecified atom stereocenters. The molecule has 0 spiro atoms. The van der Waals surface area contributed by atoms with Crippen LogP contribution in [0.3, 0.4) is 0 Å². The van der Waals surface area contributed by atoms with E-state index in [1.165, 1.54) is 0 Å². The molecule has 0 radical (unpaired) electrons. The smallest absolute Gasteiger partial charge is 0.191 e. The zero-order valence-corrected chi connectivity index (χ0v) is 19.1. The second kappa shape index (κ2) is 13.0.